The van der Waals surface area contributed by atoms with Crippen molar-refractivity contribution < 1.29 is 4.74 Å². The lowest BCUT2D eigenvalue weighted by molar-refractivity contribution is 0.272. The third-order valence-electron chi connectivity index (χ3n) is 4.07. The van der Waals surface area contributed by atoms with Gasteiger partial charge in [0, 0.05) is 18.0 Å². The van der Waals surface area contributed by atoms with E-state index < -0.39 is 0 Å². The summed E-state index contributed by atoms with van der Waals surface area (Å²) >= 11 is 0. The van der Waals surface area contributed by atoms with Gasteiger partial charge in [0.25, 0.3) is 0 Å². The van der Waals surface area contributed by atoms with E-state index in [1.807, 2.05) is 18.2 Å². The highest BCUT2D eigenvalue weighted by Crippen LogP contribution is 2.32. The zero-order valence-corrected chi connectivity index (χ0v) is 13.5. The molecule has 0 saturated heterocycles. The number of nitrogens with zero attached hydrogens (tertiary/aromatic N) is 3. The quantitative estimate of drug-likeness (QED) is 0.878. The van der Waals surface area contributed by atoms with Crippen molar-refractivity contribution in [2.24, 2.45) is 5.92 Å². The first-order valence-electron chi connectivity index (χ1n) is 8.02. The van der Waals surface area contributed by atoms with Gasteiger partial charge >= 0.3 is 0 Å². The standard InChI is InChI=1S/C17H24N4O/c1-11(2)10-22-15-8-7-13(9-14(15)18)17-20-19-16-6-4-5-12(3)21(16)17/h7-9,11-12H,4-6,10,18H2,1-3H3. The molecule has 1 aliphatic heterocycles. The first kappa shape index (κ1) is 14.9. The SMILES string of the molecule is CC(C)COc1ccc(-c2nnc3n2C(C)CCC3)cc1N. The van der Waals surface area contributed by atoms with Crippen LogP contribution in [0.2, 0.25) is 0 Å². The molecule has 1 aliphatic rings. The summed E-state index contributed by atoms with van der Waals surface area (Å²) in [6, 6.07) is 6.33. The molecule has 1 unspecified atom stereocenters. The van der Waals surface area contributed by atoms with Gasteiger partial charge in [-0.3, -0.25) is 0 Å². The smallest absolute Gasteiger partial charge is 0.164 e. The highest BCUT2D eigenvalue weighted by molar-refractivity contribution is 5.66. The van der Waals surface area contributed by atoms with E-state index in [1.54, 1.807) is 0 Å². The van der Waals surface area contributed by atoms with Crippen LogP contribution < -0.4 is 10.5 Å². The van der Waals surface area contributed by atoms with E-state index in [-0.39, 0.29) is 0 Å². The number of benzene rings is 1. The highest BCUT2D eigenvalue weighted by Gasteiger charge is 2.22. The Morgan fingerprint density at radius 1 is 1.36 bits per heavy atom. The molecule has 0 bridgehead atoms. The van der Waals surface area contributed by atoms with Crippen molar-refractivity contribution in [1.29, 1.82) is 0 Å². The molecule has 118 valence electrons. The molecule has 1 aromatic carbocycles. The number of rotatable bonds is 4. The number of fused-ring (bicyclic) bond motifs is 1. The molecule has 22 heavy (non-hydrogen) atoms. The minimum atomic E-state index is 0.437. The van der Waals surface area contributed by atoms with Gasteiger partial charge in [0.2, 0.25) is 0 Å². The van der Waals surface area contributed by atoms with E-state index in [4.69, 9.17) is 10.5 Å². The molecule has 2 heterocycles. The number of aryl methyl sites for hydroxylation is 1. The Kier molecular flexibility index (Phi) is 4.05. The number of anilines is 1. The van der Waals surface area contributed by atoms with E-state index in [0.717, 1.165) is 29.4 Å². The molecule has 1 aromatic heterocycles. The Bertz CT molecular complexity index is 663. The van der Waals surface area contributed by atoms with E-state index in [2.05, 4.69) is 35.5 Å². The molecule has 2 N–H and O–H groups in total. The molecule has 2 aromatic rings. The van der Waals surface area contributed by atoms with Crippen molar-refractivity contribution in [2.75, 3.05) is 12.3 Å². The van der Waals surface area contributed by atoms with Crippen molar-refractivity contribution in [2.45, 2.75) is 46.1 Å². The van der Waals surface area contributed by atoms with E-state index >= 15 is 0 Å². The Labute approximate surface area is 131 Å². The first-order valence-corrected chi connectivity index (χ1v) is 8.02. The van der Waals surface area contributed by atoms with Gasteiger partial charge in [0.15, 0.2) is 5.82 Å². The molecular weight excluding hydrogens is 276 g/mol. The highest BCUT2D eigenvalue weighted by atomic mass is 16.5. The summed E-state index contributed by atoms with van der Waals surface area (Å²) in [5.41, 5.74) is 7.80. The van der Waals surface area contributed by atoms with Crippen LogP contribution >= 0.6 is 0 Å². The molecule has 1 atom stereocenters. The van der Waals surface area contributed by atoms with Crippen molar-refractivity contribution in [1.82, 2.24) is 14.8 Å². The van der Waals surface area contributed by atoms with Crippen LogP contribution in [-0.4, -0.2) is 21.4 Å². The number of hydrogen-bond donors (Lipinski definition) is 1. The second-order valence-corrected chi connectivity index (χ2v) is 6.51. The molecule has 0 spiro atoms. The third kappa shape index (κ3) is 2.80. The number of ether oxygens (including phenoxy) is 1. The molecule has 0 saturated carbocycles. The summed E-state index contributed by atoms with van der Waals surface area (Å²) in [6.07, 6.45) is 3.36. The van der Waals surface area contributed by atoms with Crippen LogP contribution in [0.5, 0.6) is 5.75 Å². The number of nitrogen functional groups attached to an aromatic ring is 1. The predicted molar refractivity (Wildman–Crippen MR) is 87.9 cm³/mol. The van der Waals surface area contributed by atoms with Gasteiger partial charge in [-0.25, -0.2) is 0 Å². The summed E-state index contributed by atoms with van der Waals surface area (Å²) in [6.45, 7) is 7.13. The largest absolute Gasteiger partial charge is 0.491 e. The number of hydrogen-bond acceptors (Lipinski definition) is 4. The van der Waals surface area contributed by atoms with Gasteiger partial charge in [0.05, 0.1) is 12.3 Å². The predicted octanol–water partition coefficient (Wildman–Crippen LogP) is 3.46. The van der Waals surface area contributed by atoms with E-state index in [1.165, 1.54) is 12.8 Å². The lowest BCUT2D eigenvalue weighted by atomic mass is 10.0. The van der Waals surface area contributed by atoms with Crippen LogP contribution in [-0.2, 0) is 6.42 Å². The summed E-state index contributed by atoms with van der Waals surface area (Å²) in [4.78, 5) is 0. The zero-order valence-electron chi connectivity index (χ0n) is 13.5. The summed E-state index contributed by atoms with van der Waals surface area (Å²) in [7, 11) is 0. The van der Waals surface area contributed by atoms with Gasteiger partial charge < -0.3 is 15.0 Å². The van der Waals surface area contributed by atoms with Crippen LogP contribution in [0.4, 0.5) is 5.69 Å². The topological polar surface area (TPSA) is 66.0 Å². The maximum absolute atomic E-state index is 6.14. The second-order valence-electron chi connectivity index (χ2n) is 6.51. The lowest BCUT2D eigenvalue weighted by Crippen LogP contribution is -2.16. The molecule has 0 radical (unpaired) electrons. The molecule has 0 fully saturated rings. The molecule has 0 aliphatic carbocycles. The maximum Gasteiger partial charge on any atom is 0.164 e. The maximum atomic E-state index is 6.14. The van der Waals surface area contributed by atoms with Gasteiger partial charge in [-0.15, -0.1) is 10.2 Å². The Hall–Kier alpha value is -2.04. The Balaban J connectivity index is 1.90. The average molecular weight is 300 g/mol. The fraction of sp³-hybridized carbons (Fsp3) is 0.529. The fourth-order valence-corrected chi connectivity index (χ4v) is 2.91. The first-order chi connectivity index (χ1) is 10.6. The van der Waals surface area contributed by atoms with Gasteiger partial charge in [-0.1, -0.05) is 13.8 Å². The van der Waals surface area contributed by atoms with Crippen LogP contribution in [0.3, 0.4) is 0 Å². The number of aromatic nitrogens is 3. The lowest BCUT2D eigenvalue weighted by Gasteiger charge is -2.22. The van der Waals surface area contributed by atoms with Crippen LogP contribution in [0.25, 0.3) is 11.4 Å². The average Bonchev–Trinajstić information content (AvgIpc) is 2.91. The van der Waals surface area contributed by atoms with Crippen LogP contribution in [0, 0.1) is 5.92 Å². The minimum Gasteiger partial charge on any atom is -0.491 e. The summed E-state index contributed by atoms with van der Waals surface area (Å²) < 4.78 is 7.98. The molecule has 5 heteroatoms. The van der Waals surface area contributed by atoms with Gasteiger partial charge in [-0.05, 0) is 43.9 Å². The van der Waals surface area contributed by atoms with Crippen molar-refractivity contribution in [3.05, 3.63) is 24.0 Å². The van der Waals surface area contributed by atoms with Crippen molar-refractivity contribution in [3.8, 4) is 17.1 Å². The van der Waals surface area contributed by atoms with Gasteiger partial charge in [-0.2, -0.15) is 0 Å². The Morgan fingerprint density at radius 3 is 2.91 bits per heavy atom. The normalized spacial score (nSPS) is 17.5. The number of nitrogens with two attached hydrogens (primary N) is 1. The van der Waals surface area contributed by atoms with E-state index in [0.29, 0.717) is 24.3 Å². The Morgan fingerprint density at radius 2 is 2.18 bits per heavy atom. The van der Waals surface area contributed by atoms with Gasteiger partial charge in [0.1, 0.15) is 11.6 Å². The minimum absolute atomic E-state index is 0.437. The zero-order chi connectivity index (χ0) is 15.7. The van der Waals surface area contributed by atoms with Crippen LogP contribution in [0.1, 0.15) is 45.5 Å². The molecule has 3 rings (SSSR count). The monoisotopic (exact) mass is 300 g/mol. The van der Waals surface area contributed by atoms with Crippen LogP contribution in [0.15, 0.2) is 18.2 Å². The van der Waals surface area contributed by atoms with Crippen molar-refractivity contribution >= 4 is 5.69 Å². The molecule has 5 nitrogen and oxygen atoms in total. The summed E-state index contributed by atoms with van der Waals surface area (Å²) in [5.74, 6) is 3.20. The summed E-state index contributed by atoms with van der Waals surface area (Å²) in [5, 5.41) is 8.72. The molecule has 0 amide bonds. The van der Waals surface area contributed by atoms with Crippen molar-refractivity contribution in [3.63, 3.8) is 0 Å². The molecular formula is C17H24N4O. The fourth-order valence-electron chi connectivity index (χ4n) is 2.91. The second kappa shape index (κ2) is 5.99. The third-order valence-corrected chi connectivity index (χ3v) is 4.07. The van der Waals surface area contributed by atoms with E-state index in [9.17, 15) is 0 Å².